The van der Waals surface area contributed by atoms with E-state index in [-0.39, 0.29) is 11.3 Å². The molecule has 0 saturated carbocycles. The molecule has 2 fully saturated rings. The molecular weight excluding hydrogens is 282 g/mol. The first kappa shape index (κ1) is 15.4. The Bertz CT molecular complexity index is 544. The summed E-state index contributed by atoms with van der Waals surface area (Å²) in [4.78, 5) is 14.3. The number of piperidine rings is 1. The van der Waals surface area contributed by atoms with Crippen LogP contribution in [0.3, 0.4) is 0 Å². The Labute approximate surface area is 130 Å². The van der Waals surface area contributed by atoms with Gasteiger partial charge in [-0.3, -0.25) is 4.79 Å². The Morgan fingerprint density at radius 3 is 2.59 bits per heavy atom. The fourth-order valence-electron chi connectivity index (χ4n) is 3.22. The lowest BCUT2D eigenvalue weighted by molar-refractivity contribution is -0.0108. The Morgan fingerprint density at radius 2 is 2.00 bits per heavy atom. The molecule has 1 amide bonds. The van der Waals surface area contributed by atoms with Crippen LogP contribution in [0.5, 0.6) is 0 Å². The minimum atomic E-state index is -0.881. The van der Waals surface area contributed by atoms with Crippen molar-refractivity contribution in [3.63, 3.8) is 0 Å². The highest BCUT2D eigenvalue weighted by Crippen LogP contribution is 2.38. The van der Waals surface area contributed by atoms with Gasteiger partial charge in [0.1, 0.15) is 0 Å². The van der Waals surface area contributed by atoms with Crippen molar-refractivity contribution in [2.24, 2.45) is 5.41 Å². The van der Waals surface area contributed by atoms with Gasteiger partial charge in [-0.1, -0.05) is 19.1 Å². The van der Waals surface area contributed by atoms with Crippen LogP contribution in [0.4, 0.5) is 0 Å². The molecule has 122 valence electrons. The molecule has 0 radical (unpaired) electrons. The topological polar surface area (TPSA) is 83.3 Å². The van der Waals surface area contributed by atoms with Gasteiger partial charge in [0.05, 0.1) is 24.4 Å². The van der Waals surface area contributed by atoms with E-state index >= 15 is 0 Å². The summed E-state index contributed by atoms with van der Waals surface area (Å²) in [6.07, 6.45) is 3.75. The van der Waals surface area contributed by atoms with E-state index in [2.05, 4.69) is 15.6 Å². The van der Waals surface area contributed by atoms with Crippen molar-refractivity contribution in [1.82, 2.24) is 25.2 Å². The summed E-state index contributed by atoms with van der Waals surface area (Å²) in [6, 6.07) is 0.313. The van der Waals surface area contributed by atoms with E-state index in [4.69, 9.17) is 0 Å². The lowest BCUT2D eigenvalue weighted by Gasteiger charge is -2.30. The summed E-state index contributed by atoms with van der Waals surface area (Å²) in [6.45, 7) is 8.54. The summed E-state index contributed by atoms with van der Waals surface area (Å²) in [7, 11) is 0. The third kappa shape index (κ3) is 2.63. The maximum Gasteiger partial charge on any atom is 0.276 e. The minimum Gasteiger partial charge on any atom is -0.388 e. The van der Waals surface area contributed by atoms with Crippen molar-refractivity contribution in [3.8, 4) is 0 Å². The van der Waals surface area contributed by atoms with Crippen molar-refractivity contribution in [1.29, 1.82) is 0 Å². The van der Waals surface area contributed by atoms with Gasteiger partial charge in [0.15, 0.2) is 5.69 Å². The SMILES string of the molecule is CC1(C)CN(C(=O)c2cn(C3CCNCC3)nn2)C[C@@]1(C)O. The first-order valence-electron chi connectivity index (χ1n) is 7.94. The summed E-state index contributed by atoms with van der Waals surface area (Å²) < 4.78 is 1.81. The normalized spacial score (nSPS) is 29.0. The monoisotopic (exact) mass is 307 g/mol. The molecule has 2 aliphatic rings. The molecular formula is C15H25N5O2. The zero-order valence-corrected chi connectivity index (χ0v) is 13.5. The van der Waals surface area contributed by atoms with Crippen LogP contribution in [0.2, 0.25) is 0 Å². The van der Waals surface area contributed by atoms with Gasteiger partial charge in [0.25, 0.3) is 5.91 Å². The highest BCUT2D eigenvalue weighted by Gasteiger charge is 2.49. The molecule has 0 aliphatic carbocycles. The summed E-state index contributed by atoms with van der Waals surface area (Å²) >= 11 is 0. The second-order valence-corrected chi connectivity index (χ2v) is 7.38. The number of hydrogen-bond acceptors (Lipinski definition) is 5. The van der Waals surface area contributed by atoms with Crippen LogP contribution in [0.15, 0.2) is 6.20 Å². The molecule has 2 N–H and O–H groups in total. The van der Waals surface area contributed by atoms with Crippen LogP contribution in [-0.2, 0) is 0 Å². The van der Waals surface area contributed by atoms with Gasteiger partial charge >= 0.3 is 0 Å². The molecule has 2 saturated heterocycles. The Morgan fingerprint density at radius 1 is 1.32 bits per heavy atom. The van der Waals surface area contributed by atoms with Crippen molar-refractivity contribution in [2.45, 2.75) is 45.3 Å². The number of aliphatic hydroxyl groups is 1. The van der Waals surface area contributed by atoms with E-state index in [1.54, 1.807) is 18.0 Å². The number of hydrogen-bond donors (Lipinski definition) is 2. The van der Waals surface area contributed by atoms with E-state index in [1.807, 2.05) is 18.5 Å². The average Bonchev–Trinajstić information content (AvgIpc) is 3.03. The van der Waals surface area contributed by atoms with Crippen LogP contribution in [0.1, 0.15) is 50.1 Å². The minimum absolute atomic E-state index is 0.147. The number of amides is 1. The second-order valence-electron chi connectivity index (χ2n) is 7.38. The Balaban J connectivity index is 1.72. The van der Waals surface area contributed by atoms with E-state index in [0.717, 1.165) is 25.9 Å². The highest BCUT2D eigenvalue weighted by atomic mass is 16.3. The first-order chi connectivity index (χ1) is 10.3. The van der Waals surface area contributed by atoms with Crippen molar-refractivity contribution < 1.29 is 9.90 Å². The number of nitrogens with one attached hydrogen (secondary N) is 1. The molecule has 1 aromatic rings. The molecule has 1 aromatic heterocycles. The zero-order valence-electron chi connectivity index (χ0n) is 13.5. The summed E-state index contributed by atoms with van der Waals surface area (Å²) in [5.41, 5.74) is -0.839. The quantitative estimate of drug-likeness (QED) is 0.828. The molecule has 1 atom stereocenters. The average molecular weight is 307 g/mol. The third-order valence-electron chi connectivity index (χ3n) is 5.24. The molecule has 0 aromatic carbocycles. The van der Waals surface area contributed by atoms with Crippen LogP contribution in [-0.4, -0.2) is 62.7 Å². The Kier molecular flexibility index (Phi) is 3.72. The maximum absolute atomic E-state index is 12.6. The molecule has 7 nitrogen and oxygen atoms in total. The van der Waals surface area contributed by atoms with E-state index < -0.39 is 5.60 Å². The lowest BCUT2D eigenvalue weighted by Crippen LogP contribution is -2.40. The molecule has 0 unspecified atom stereocenters. The van der Waals surface area contributed by atoms with Gasteiger partial charge < -0.3 is 15.3 Å². The maximum atomic E-state index is 12.6. The molecule has 3 heterocycles. The van der Waals surface area contributed by atoms with Crippen molar-refractivity contribution in [3.05, 3.63) is 11.9 Å². The first-order valence-corrected chi connectivity index (χ1v) is 7.94. The number of nitrogens with zero attached hydrogens (tertiary/aromatic N) is 4. The molecule has 7 heteroatoms. The number of carbonyl (C=O) groups excluding carboxylic acids is 1. The van der Waals surface area contributed by atoms with Crippen LogP contribution in [0, 0.1) is 5.41 Å². The van der Waals surface area contributed by atoms with Crippen LogP contribution in [0.25, 0.3) is 0 Å². The number of β-amino-alcohol motifs (C(OH)–C–C–N with tert-alkyl or cyclic N) is 1. The molecule has 3 rings (SSSR count). The van der Waals surface area contributed by atoms with Crippen molar-refractivity contribution >= 4 is 5.91 Å². The Hall–Kier alpha value is -1.47. The summed E-state index contributed by atoms with van der Waals surface area (Å²) in [5.74, 6) is -0.147. The number of aromatic nitrogens is 3. The van der Waals surface area contributed by atoms with Gasteiger partial charge in [0.2, 0.25) is 0 Å². The van der Waals surface area contributed by atoms with Crippen LogP contribution < -0.4 is 5.32 Å². The lowest BCUT2D eigenvalue weighted by atomic mass is 9.79. The number of carbonyl (C=O) groups is 1. The van der Waals surface area contributed by atoms with Crippen LogP contribution >= 0.6 is 0 Å². The molecule has 0 spiro atoms. The van der Waals surface area contributed by atoms with Gasteiger partial charge in [-0.25, -0.2) is 4.68 Å². The standard InChI is InChI=1S/C15H25N5O2/c1-14(2)9-19(10-15(14,3)22)13(21)12-8-20(18-17-12)11-4-6-16-7-5-11/h8,11,16,22H,4-7,9-10H2,1-3H3/t15-/m1/s1. The van der Waals surface area contributed by atoms with E-state index in [1.165, 1.54) is 0 Å². The highest BCUT2D eigenvalue weighted by molar-refractivity contribution is 5.92. The predicted molar refractivity (Wildman–Crippen MR) is 81.5 cm³/mol. The predicted octanol–water partition coefficient (Wildman–Crippen LogP) is 0.436. The fourth-order valence-corrected chi connectivity index (χ4v) is 3.22. The fraction of sp³-hybridized carbons (Fsp3) is 0.800. The third-order valence-corrected chi connectivity index (χ3v) is 5.24. The molecule has 0 bridgehead atoms. The second kappa shape index (κ2) is 5.31. The van der Waals surface area contributed by atoms with E-state index in [0.29, 0.717) is 24.8 Å². The summed E-state index contributed by atoms with van der Waals surface area (Å²) in [5, 5.41) is 22.0. The molecule has 2 aliphatic heterocycles. The van der Waals surface area contributed by atoms with Gasteiger partial charge in [-0.2, -0.15) is 0 Å². The zero-order chi connectivity index (χ0) is 16.0. The smallest absolute Gasteiger partial charge is 0.276 e. The van der Waals surface area contributed by atoms with Gasteiger partial charge in [-0.05, 0) is 32.9 Å². The number of rotatable bonds is 2. The van der Waals surface area contributed by atoms with Crippen molar-refractivity contribution in [2.75, 3.05) is 26.2 Å². The van der Waals surface area contributed by atoms with E-state index in [9.17, 15) is 9.90 Å². The molecule has 22 heavy (non-hydrogen) atoms. The van der Waals surface area contributed by atoms with Gasteiger partial charge in [0, 0.05) is 12.0 Å². The van der Waals surface area contributed by atoms with Gasteiger partial charge in [-0.15, -0.1) is 5.10 Å². The number of likely N-dealkylation sites (tertiary alicyclic amines) is 1. The largest absolute Gasteiger partial charge is 0.388 e.